The lowest BCUT2D eigenvalue weighted by Crippen LogP contribution is -2.08. The molecule has 0 amide bonds. The van der Waals surface area contributed by atoms with Gasteiger partial charge in [0.2, 0.25) is 5.24 Å². The molecule has 4 nitrogen and oxygen atoms in total. The van der Waals surface area contributed by atoms with Crippen molar-refractivity contribution in [2.45, 2.75) is 19.8 Å². The third-order valence-electron chi connectivity index (χ3n) is 2.99. The van der Waals surface area contributed by atoms with Crippen LogP contribution in [0.3, 0.4) is 0 Å². The Balaban J connectivity index is 2.21. The second-order valence-corrected chi connectivity index (χ2v) is 4.84. The third-order valence-corrected chi connectivity index (χ3v) is 3.18. The summed E-state index contributed by atoms with van der Waals surface area (Å²) < 4.78 is 5.14. The normalized spacial score (nSPS) is 10.5. The minimum atomic E-state index is -0.568. The summed E-state index contributed by atoms with van der Waals surface area (Å²) in [5.74, 6) is 0.0445. The number of phenols is 1. The molecule has 0 saturated carbocycles. The summed E-state index contributed by atoms with van der Waals surface area (Å²) in [6.45, 7) is 1.79. The number of fused-ring (bicyclic) bond motifs is 1. The molecule has 2 aromatic carbocycles. The van der Waals surface area contributed by atoms with Crippen molar-refractivity contribution in [3.8, 4) is 11.5 Å². The molecule has 20 heavy (non-hydrogen) atoms. The fraction of sp³-hybridized carbons (Fsp3) is 0.200. The molecule has 5 heteroatoms. The van der Waals surface area contributed by atoms with Crippen molar-refractivity contribution >= 4 is 33.6 Å². The third kappa shape index (κ3) is 3.27. The smallest absolute Gasteiger partial charge is 0.311 e. The van der Waals surface area contributed by atoms with Crippen LogP contribution in [0.5, 0.6) is 11.5 Å². The van der Waals surface area contributed by atoms with Crippen LogP contribution in [0.2, 0.25) is 0 Å². The number of hydrogen-bond acceptors (Lipinski definition) is 4. The molecule has 0 radical (unpaired) electrons. The largest absolute Gasteiger partial charge is 0.508 e. The molecule has 0 fully saturated rings. The van der Waals surface area contributed by atoms with E-state index in [-0.39, 0.29) is 18.6 Å². The van der Waals surface area contributed by atoms with Crippen LogP contribution < -0.4 is 4.74 Å². The van der Waals surface area contributed by atoms with E-state index in [1.807, 2.05) is 0 Å². The Labute approximate surface area is 120 Å². The topological polar surface area (TPSA) is 63.6 Å². The second-order valence-electron chi connectivity index (χ2n) is 4.42. The SMILES string of the molecule is Cc1c(O)ccc2ccc(OC(=O)CCC(=O)Cl)cc12. The van der Waals surface area contributed by atoms with Crippen LogP contribution in [0, 0.1) is 6.92 Å². The molecule has 104 valence electrons. The first kappa shape index (κ1) is 14.3. The zero-order valence-electron chi connectivity index (χ0n) is 10.9. The Kier molecular flexibility index (Phi) is 4.25. The van der Waals surface area contributed by atoms with Crippen LogP contribution in [0.25, 0.3) is 10.8 Å². The molecule has 1 N–H and O–H groups in total. The van der Waals surface area contributed by atoms with E-state index in [1.165, 1.54) is 0 Å². The summed E-state index contributed by atoms with van der Waals surface area (Å²) in [4.78, 5) is 22.1. The van der Waals surface area contributed by atoms with E-state index in [0.29, 0.717) is 5.75 Å². The second kappa shape index (κ2) is 5.92. The predicted octanol–water partition coefficient (Wildman–Crippen LogP) is 3.30. The molecule has 2 rings (SSSR count). The van der Waals surface area contributed by atoms with E-state index in [9.17, 15) is 14.7 Å². The van der Waals surface area contributed by atoms with Gasteiger partial charge in [-0.15, -0.1) is 0 Å². The molecule has 2 aromatic rings. The Hall–Kier alpha value is -2.07. The van der Waals surface area contributed by atoms with Gasteiger partial charge in [-0.1, -0.05) is 12.1 Å². The predicted molar refractivity (Wildman–Crippen MR) is 76.1 cm³/mol. The molecule has 0 heterocycles. The molecule has 0 aliphatic heterocycles. The van der Waals surface area contributed by atoms with E-state index in [2.05, 4.69) is 0 Å². The fourth-order valence-electron chi connectivity index (χ4n) is 1.88. The Morgan fingerprint density at radius 3 is 2.60 bits per heavy atom. The maximum atomic E-state index is 11.5. The van der Waals surface area contributed by atoms with Crippen LogP contribution in [0.15, 0.2) is 30.3 Å². The number of phenolic OH excluding ortho intramolecular Hbond substituents is 1. The Bertz CT molecular complexity index is 679. The Morgan fingerprint density at radius 2 is 1.90 bits per heavy atom. The highest BCUT2D eigenvalue weighted by Crippen LogP contribution is 2.29. The van der Waals surface area contributed by atoms with Gasteiger partial charge >= 0.3 is 5.97 Å². The summed E-state index contributed by atoms with van der Waals surface area (Å²) in [6, 6.07) is 8.56. The number of carbonyl (C=O) groups excluding carboxylic acids is 2. The van der Waals surface area contributed by atoms with Crippen molar-refractivity contribution < 1.29 is 19.4 Å². The number of rotatable bonds is 4. The van der Waals surface area contributed by atoms with Gasteiger partial charge in [-0.25, -0.2) is 0 Å². The van der Waals surface area contributed by atoms with Gasteiger partial charge in [0, 0.05) is 6.42 Å². The highest BCUT2D eigenvalue weighted by atomic mass is 35.5. The molecule has 0 atom stereocenters. The molecule has 0 bridgehead atoms. The number of hydrogen-bond donors (Lipinski definition) is 1. The zero-order chi connectivity index (χ0) is 14.7. The average molecular weight is 293 g/mol. The van der Waals surface area contributed by atoms with Crippen molar-refractivity contribution in [1.29, 1.82) is 0 Å². The van der Waals surface area contributed by atoms with Gasteiger partial charge < -0.3 is 9.84 Å². The van der Waals surface area contributed by atoms with Gasteiger partial charge in [0.05, 0.1) is 6.42 Å². The first-order valence-electron chi connectivity index (χ1n) is 6.08. The number of benzene rings is 2. The fourth-order valence-corrected chi connectivity index (χ4v) is 1.98. The van der Waals surface area contributed by atoms with E-state index in [1.54, 1.807) is 37.3 Å². The van der Waals surface area contributed by atoms with Crippen LogP contribution in [-0.4, -0.2) is 16.3 Å². The van der Waals surface area contributed by atoms with Crippen LogP contribution in [-0.2, 0) is 9.59 Å². The highest BCUT2D eigenvalue weighted by Gasteiger charge is 2.09. The van der Waals surface area contributed by atoms with Gasteiger partial charge in [-0.3, -0.25) is 9.59 Å². The van der Waals surface area contributed by atoms with E-state index in [4.69, 9.17) is 16.3 Å². The molecular weight excluding hydrogens is 280 g/mol. The summed E-state index contributed by atoms with van der Waals surface area (Å²) >= 11 is 5.17. The van der Waals surface area contributed by atoms with Crippen molar-refractivity contribution in [2.24, 2.45) is 0 Å². The molecule has 0 aromatic heterocycles. The standard InChI is InChI=1S/C15H13ClO4/c1-9-12-8-11(20-15(19)7-6-14(16)18)4-2-10(12)3-5-13(9)17/h2-5,8,17H,6-7H2,1H3. The lowest BCUT2D eigenvalue weighted by atomic mass is 10.0. The number of carbonyl (C=O) groups is 2. The number of halogens is 1. The van der Waals surface area contributed by atoms with E-state index >= 15 is 0 Å². The summed E-state index contributed by atoms with van der Waals surface area (Å²) in [6.07, 6.45) is -0.104. The minimum Gasteiger partial charge on any atom is -0.508 e. The van der Waals surface area contributed by atoms with Gasteiger partial charge in [-0.05, 0) is 53.1 Å². The number of aromatic hydroxyl groups is 1. The van der Waals surface area contributed by atoms with E-state index in [0.717, 1.165) is 16.3 Å². The van der Waals surface area contributed by atoms with Gasteiger partial charge in [-0.2, -0.15) is 0 Å². The van der Waals surface area contributed by atoms with Gasteiger partial charge in [0.1, 0.15) is 11.5 Å². The van der Waals surface area contributed by atoms with Crippen LogP contribution in [0.4, 0.5) is 0 Å². The molecular formula is C15H13ClO4. The average Bonchev–Trinajstić information content (AvgIpc) is 2.41. The highest BCUT2D eigenvalue weighted by molar-refractivity contribution is 6.63. The molecule has 0 unspecified atom stereocenters. The lowest BCUT2D eigenvalue weighted by molar-refractivity contribution is -0.135. The molecule has 0 saturated heterocycles. The van der Waals surface area contributed by atoms with Crippen LogP contribution >= 0.6 is 11.6 Å². The van der Waals surface area contributed by atoms with Crippen LogP contribution in [0.1, 0.15) is 18.4 Å². The quantitative estimate of drug-likeness (QED) is 0.533. The van der Waals surface area contributed by atoms with Crippen molar-refractivity contribution in [3.05, 3.63) is 35.9 Å². The van der Waals surface area contributed by atoms with Gasteiger partial charge in [0.25, 0.3) is 0 Å². The number of esters is 1. The summed E-state index contributed by atoms with van der Waals surface area (Å²) in [5, 5.41) is 10.9. The number of aryl methyl sites for hydroxylation is 1. The minimum absolute atomic E-state index is 0.0478. The molecule has 0 aliphatic rings. The molecule has 0 spiro atoms. The maximum Gasteiger partial charge on any atom is 0.311 e. The zero-order valence-corrected chi connectivity index (χ0v) is 11.6. The maximum absolute atomic E-state index is 11.5. The summed E-state index contributed by atoms with van der Waals surface area (Å²) in [5.41, 5.74) is 0.719. The lowest BCUT2D eigenvalue weighted by Gasteiger charge is -2.08. The van der Waals surface area contributed by atoms with E-state index < -0.39 is 11.2 Å². The molecule has 0 aliphatic carbocycles. The van der Waals surface area contributed by atoms with Crippen molar-refractivity contribution in [3.63, 3.8) is 0 Å². The number of ether oxygens (including phenoxy) is 1. The monoisotopic (exact) mass is 292 g/mol. The first-order valence-corrected chi connectivity index (χ1v) is 6.46. The van der Waals surface area contributed by atoms with Gasteiger partial charge in [0.15, 0.2) is 0 Å². The first-order chi connectivity index (χ1) is 9.47. The van der Waals surface area contributed by atoms with Crippen molar-refractivity contribution in [1.82, 2.24) is 0 Å². The Morgan fingerprint density at radius 1 is 1.20 bits per heavy atom. The summed E-state index contributed by atoms with van der Waals surface area (Å²) in [7, 11) is 0. The van der Waals surface area contributed by atoms with Crippen molar-refractivity contribution in [2.75, 3.05) is 0 Å².